The molecule has 0 radical (unpaired) electrons. The zero-order valence-electron chi connectivity index (χ0n) is 26.2. The minimum absolute atomic E-state index is 0.00459. The van der Waals surface area contributed by atoms with Crippen molar-refractivity contribution in [2.24, 2.45) is 5.92 Å². The van der Waals surface area contributed by atoms with Gasteiger partial charge < -0.3 is 29.7 Å². The average molecular weight is 650 g/mol. The van der Waals surface area contributed by atoms with Gasteiger partial charge in [-0.2, -0.15) is 13.2 Å². The van der Waals surface area contributed by atoms with E-state index >= 15 is 0 Å². The van der Waals surface area contributed by atoms with E-state index in [4.69, 9.17) is 0 Å². The molecule has 14 heteroatoms. The molecular weight excluding hydrogens is 611 g/mol. The number of imidazole rings is 1. The van der Waals surface area contributed by atoms with Crippen LogP contribution < -0.4 is 20.4 Å². The molecule has 47 heavy (non-hydrogen) atoms. The Morgan fingerprint density at radius 1 is 1.00 bits per heavy atom. The summed E-state index contributed by atoms with van der Waals surface area (Å²) in [6.45, 7) is 5.34. The first-order chi connectivity index (χ1) is 22.6. The van der Waals surface area contributed by atoms with Crippen molar-refractivity contribution in [3.63, 3.8) is 0 Å². The predicted octanol–water partition coefficient (Wildman–Crippen LogP) is 4.47. The highest BCUT2D eigenvalue weighted by atomic mass is 19.4. The first kappa shape index (κ1) is 32.1. The molecule has 3 amide bonds. The number of hydrogen-bond donors (Lipinski definition) is 2. The molecule has 3 aliphatic heterocycles. The van der Waals surface area contributed by atoms with E-state index in [1.165, 1.54) is 6.20 Å². The lowest BCUT2D eigenvalue weighted by Gasteiger charge is -2.39. The van der Waals surface area contributed by atoms with Gasteiger partial charge in [-0.3, -0.25) is 4.79 Å². The Morgan fingerprint density at radius 2 is 1.68 bits per heavy atom. The number of anilines is 2. The Morgan fingerprint density at radius 3 is 2.32 bits per heavy atom. The number of hydrogen-bond acceptors (Lipinski definition) is 7. The summed E-state index contributed by atoms with van der Waals surface area (Å²) < 4.78 is 43.5. The second-order valence-electron chi connectivity index (χ2n) is 12.4. The number of nitrogens with one attached hydrogen (secondary N) is 2. The molecular formula is C33H38F3N9O2. The lowest BCUT2D eigenvalue weighted by Crippen LogP contribution is -2.52. The number of urea groups is 1. The molecule has 3 saturated heterocycles. The largest absolute Gasteiger partial charge is 0.418 e. The van der Waals surface area contributed by atoms with Crippen molar-refractivity contribution in [1.29, 1.82) is 0 Å². The zero-order chi connectivity index (χ0) is 33.0. The zero-order valence-corrected chi connectivity index (χ0v) is 26.2. The van der Waals surface area contributed by atoms with Crippen LogP contribution in [0.4, 0.5) is 29.5 Å². The molecule has 0 saturated carbocycles. The fourth-order valence-electron chi connectivity index (χ4n) is 6.42. The Kier molecular flexibility index (Phi) is 9.19. The fraction of sp³-hybridized carbons (Fsp3) is 0.424. The number of nitrogens with zero attached hydrogens (tertiary/aromatic N) is 7. The third-order valence-corrected chi connectivity index (χ3v) is 8.98. The molecule has 1 aromatic carbocycles. The molecule has 0 aliphatic carbocycles. The van der Waals surface area contributed by atoms with E-state index in [2.05, 4.69) is 30.5 Å². The Balaban J connectivity index is 0.000000580. The van der Waals surface area contributed by atoms with Gasteiger partial charge in [0.15, 0.2) is 11.5 Å². The first-order valence-corrected chi connectivity index (χ1v) is 15.8. The van der Waals surface area contributed by atoms with Crippen LogP contribution in [0.3, 0.4) is 0 Å². The number of rotatable bonds is 6. The quantitative estimate of drug-likeness (QED) is 0.317. The van der Waals surface area contributed by atoms with E-state index in [1.807, 2.05) is 65.0 Å². The van der Waals surface area contributed by atoms with E-state index in [9.17, 15) is 22.8 Å². The molecule has 0 bridgehead atoms. The standard InChI is InChI=1S/C27H32F3N9O2.C6H6/c1-18-2-8-38(16-18)19-14-20(27(28,29)30)21(34-15-19)24(40)33-7-13-39-17-26(35-25(39)41)3-9-36(10-4-26)22-23-32-6-12-37(23)11-5-31-22;1-2-4-6-5-3-1/h5-6,11-12,14-15,18H,2-4,7-10,13,16-17H2,1H3,(H,33,40)(H,35,41);1-6H. The molecule has 4 aromatic rings. The SMILES string of the molecule is CC1CCN(c2cnc(C(=O)NCCN3CC4(CCN(c5nccn6ccnc56)CC4)NC3=O)c(C(F)(F)F)c2)C1.c1ccccc1. The Bertz CT molecular complexity index is 1660. The van der Waals surface area contributed by atoms with Crippen LogP contribution in [0.5, 0.6) is 0 Å². The second kappa shape index (κ2) is 13.5. The van der Waals surface area contributed by atoms with Crippen LogP contribution in [-0.4, -0.2) is 87.5 Å². The maximum Gasteiger partial charge on any atom is 0.418 e. The topological polar surface area (TPSA) is 111 Å². The highest BCUT2D eigenvalue weighted by Gasteiger charge is 2.44. The molecule has 3 aliphatic rings. The number of fused-ring (bicyclic) bond motifs is 1. The highest BCUT2D eigenvalue weighted by Crippen LogP contribution is 2.35. The van der Waals surface area contributed by atoms with Gasteiger partial charge >= 0.3 is 12.2 Å². The van der Waals surface area contributed by atoms with Crippen molar-refractivity contribution < 1.29 is 22.8 Å². The number of benzene rings is 1. The maximum absolute atomic E-state index is 13.9. The number of alkyl halides is 3. The number of amides is 3. The van der Waals surface area contributed by atoms with E-state index < -0.39 is 28.9 Å². The Hall–Kier alpha value is -4.88. The molecule has 248 valence electrons. The number of carbonyl (C=O) groups is 2. The smallest absolute Gasteiger partial charge is 0.370 e. The van der Waals surface area contributed by atoms with E-state index in [0.717, 1.165) is 24.0 Å². The maximum atomic E-state index is 13.9. The van der Waals surface area contributed by atoms with Gasteiger partial charge in [-0.25, -0.2) is 19.7 Å². The summed E-state index contributed by atoms with van der Waals surface area (Å²) in [6.07, 6.45) is 6.06. The monoisotopic (exact) mass is 649 g/mol. The minimum Gasteiger partial charge on any atom is -0.370 e. The highest BCUT2D eigenvalue weighted by molar-refractivity contribution is 5.94. The van der Waals surface area contributed by atoms with Gasteiger partial charge in [0.05, 0.1) is 23.0 Å². The summed E-state index contributed by atoms with van der Waals surface area (Å²) in [5.74, 6) is 0.268. The van der Waals surface area contributed by atoms with Crippen LogP contribution in [0.25, 0.3) is 5.65 Å². The van der Waals surface area contributed by atoms with Crippen molar-refractivity contribution >= 4 is 29.1 Å². The average Bonchev–Trinajstić information content (AvgIpc) is 3.81. The van der Waals surface area contributed by atoms with E-state index in [-0.39, 0.29) is 19.1 Å². The molecule has 11 nitrogen and oxygen atoms in total. The molecule has 2 N–H and O–H groups in total. The van der Waals surface area contributed by atoms with Gasteiger partial charge in [-0.1, -0.05) is 43.3 Å². The molecule has 7 rings (SSSR count). The summed E-state index contributed by atoms with van der Waals surface area (Å²) in [5.41, 5.74) is -0.992. The van der Waals surface area contributed by atoms with Gasteiger partial charge in [0, 0.05) is 70.6 Å². The predicted molar refractivity (Wildman–Crippen MR) is 171 cm³/mol. The van der Waals surface area contributed by atoms with Crippen LogP contribution in [0.1, 0.15) is 42.2 Å². The normalized spacial score (nSPS) is 19.1. The van der Waals surface area contributed by atoms with Crippen molar-refractivity contribution in [3.05, 3.63) is 84.7 Å². The van der Waals surface area contributed by atoms with Crippen molar-refractivity contribution in [2.45, 2.75) is 37.9 Å². The summed E-state index contributed by atoms with van der Waals surface area (Å²) in [5, 5.41) is 5.63. The number of aromatic nitrogens is 4. The molecule has 3 aromatic heterocycles. The van der Waals surface area contributed by atoms with E-state index in [1.54, 1.807) is 17.3 Å². The summed E-state index contributed by atoms with van der Waals surface area (Å²) in [4.78, 5) is 43.9. The van der Waals surface area contributed by atoms with Crippen LogP contribution >= 0.6 is 0 Å². The molecule has 6 heterocycles. The van der Waals surface area contributed by atoms with Crippen LogP contribution in [-0.2, 0) is 6.18 Å². The van der Waals surface area contributed by atoms with Crippen molar-refractivity contribution in [1.82, 2.24) is 34.9 Å². The first-order valence-electron chi connectivity index (χ1n) is 15.8. The van der Waals surface area contributed by atoms with Crippen molar-refractivity contribution in [3.8, 4) is 0 Å². The van der Waals surface area contributed by atoms with Crippen LogP contribution in [0.2, 0.25) is 0 Å². The number of pyridine rings is 1. The lowest BCUT2D eigenvalue weighted by molar-refractivity contribution is -0.138. The van der Waals surface area contributed by atoms with Crippen LogP contribution in [0, 0.1) is 5.92 Å². The lowest BCUT2D eigenvalue weighted by atomic mass is 9.88. The number of carbonyl (C=O) groups excluding carboxylic acids is 2. The molecule has 1 spiro atoms. The third-order valence-electron chi connectivity index (χ3n) is 8.98. The van der Waals surface area contributed by atoms with Crippen molar-refractivity contribution in [2.75, 3.05) is 55.6 Å². The van der Waals surface area contributed by atoms with Gasteiger partial charge in [0.1, 0.15) is 5.69 Å². The molecule has 3 fully saturated rings. The minimum atomic E-state index is -4.73. The van der Waals surface area contributed by atoms with E-state index in [0.29, 0.717) is 57.2 Å². The van der Waals surface area contributed by atoms with Gasteiger partial charge in [-0.05, 0) is 31.2 Å². The van der Waals surface area contributed by atoms with Gasteiger partial charge in [0.25, 0.3) is 5.91 Å². The van der Waals surface area contributed by atoms with Gasteiger partial charge in [-0.15, -0.1) is 0 Å². The third kappa shape index (κ3) is 7.26. The fourth-order valence-corrected chi connectivity index (χ4v) is 6.42. The Labute approximate surface area is 270 Å². The second-order valence-corrected chi connectivity index (χ2v) is 12.4. The number of piperidine rings is 1. The van der Waals surface area contributed by atoms with Crippen LogP contribution in [0.15, 0.2) is 73.4 Å². The number of halogens is 3. The summed E-state index contributed by atoms with van der Waals surface area (Å²) in [6, 6.07) is 12.8. The molecule has 1 atom stereocenters. The molecule has 1 unspecified atom stereocenters. The summed E-state index contributed by atoms with van der Waals surface area (Å²) in [7, 11) is 0. The summed E-state index contributed by atoms with van der Waals surface area (Å²) >= 11 is 0. The van der Waals surface area contributed by atoms with Gasteiger partial charge in [0.2, 0.25) is 0 Å².